The highest BCUT2D eigenvalue weighted by Gasteiger charge is 2.23. The van der Waals surface area contributed by atoms with E-state index in [1.807, 2.05) is 30.3 Å². The molecule has 32 heavy (non-hydrogen) atoms. The lowest BCUT2D eigenvalue weighted by atomic mass is 9.91. The number of hydrogen-bond donors (Lipinski definition) is 1. The monoisotopic (exact) mass is 442 g/mol. The van der Waals surface area contributed by atoms with Crippen LogP contribution < -0.4 is 4.74 Å². The van der Waals surface area contributed by atoms with Crippen molar-refractivity contribution < 1.29 is 19.0 Å². The van der Waals surface area contributed by atoms with Gasteiger partial charge in [0.05, 0.1) is 12.5 Å². The fourth-order valence-corrected chi connectivity index (χ4v) is 3.99. The number of carbonyl (C=O) groups is 1. The minimum Gasteiger partial charge on any atom is -0.494 e. The predicted molar refractivity (Wildman–Crippen MR) is 130 cm³/mol. The van der Waals surface area contributed by atoms with Gasteiger partial charge in [0.2, 0.25) is 0 Å². The number of rotatable bonds is 16. The van der Waals surface area contributed by atoms with Crippen LogP contribution >= 0.6 is 0 Å². The first-order valence-electron chi connectivity index (χ1n) is 12.3. The molecular weight excluding hydrogens is 403 g/mol. The third kappa shape index (κ3) is 8.64. The van der Waals surface area contributed by atoms with Gasteiger partial charge in [-0.2, -0.15) is 0 Å². The Labute approximate surface area is 193 Å². The molecule has 0 radical (unpaired) electrons. The topological polar surface area (TPSA) is 46.5 Å². The fourth-order valence-electron chi connectivity index (χ4n) is 3.99. The highest BCUT2D eigenvalue weighted by molar-refractivity contribution is 5.76. The summed E-state index contributed by atoms with van der Waals surface area (Å²) in [6.45, 7) is 5.04. The molecule has 0 aromatic heterocycles. The third-order valence-electron chi connectivity index (χ3n) is 5.97. The van der Waals surface area contributed by atoms with Crippen LogP contribution in [0.15, 0.2) is 42.5 Å². The zero-order chi connectivity index (χ0) is 23.2. The number of hydrogen-bond acceptors (Lipinski definition) is 2. The fraction of sp³-hybridized carbons (Fsp3) is 0.536. The molecule has 176 valence electrons. The predicted octanol–water partition coefficient (Wildman–Crippen LogP) is 8.37. The molecule has 0 spiro atoms. The van der Waals surface area contributed by atoms with E-state index in [1.54, 1.807) is 6.07 Å². The van der Waals surface area contributed by atoms with E-state index in [2.05, 4.69) is 13.8 Å². The van der Waals surface area contributed by atoms with Gasteiger partial charge in [-0.25, -0.2) is 4.39 Å². The summed E-state index contributed by atoms with van der Waals surface area (Å²) in [5.41, 5.74) is 1.90. The van der Waals surface area contributed by atoms with Gasteiger partial charge >= 0.3 is 5.97 Å². The molecule has 0 amide bonds. The van der Waals surface area contributed by atoms with Crippen LogP contribution in [0.1, 0.15) is 96.0 Å². The molecule has 0 aliphatic rings. The van der Waals surface area contributed by atoms with E-state index in [9.17, 15) is 14.3 Å². The van der Waals surface area contributed by atoms with Gasteiger partial charge in [-0.15, -0.1) is 0 Å². The van der Waals surface area contributed by atoms with Crippen molar-refractivity contribution in [1.29, 1.82) is 0 Å². The minimum absolute atomic E-state index is 0.275. The lowest BCUT2D eigenvalue weighted by molar-refractivity contribution is -0.139. The first-order chi connectivity index (χ1) is 15.6. The summed E-state index contributed by atoms with van der Waals surface area (Å²) in [5, 5.41) is 9.59. The molecule has 0 aliphatic heterocycles. The van der Waals surface area contributed by atoms with E-state index >= 15 is 0 Å². The molecule has 0 fully saturated rings. The maximum Gasteiger partial charge on any atom is 0.311 e. The summed E-state index contributed by atoms with van der Waals surface area (Å²) in [4.78, 5) is 11.7. The number of benzene rings is 2. The van der Waals surface area contributed by atoms with Crippen molar-refractivity contribution in [2.24, 2.45) is 0 Å². The first kappa shape index (κ1) is 25.9. The second-order valence-electron chi connectivity index (χ2n) is 8.62. The molecule has 0 aliphatic carbocycles. The van der Waals surface area contributed by atoms with Gasteiger partial charge < -0.3 is 9.84 Å². The molecule has 2 rings (SSSR count). The number of unbranched alkanes of at least 4 members (excludes halogenated alkanes) is 8. The Kier molecular flexibility index (Phi) is 11.9. The van der Waals surface area contributed by atoms with Gasteiger partial charge in [0, 0.05) is 5.56 Å². The second-order valence-corrected chi connectivity index (χ2v) is 8.62. The second kappa shape index (κ2) is 14.7. The Hall–Kier alpha value is -2.36. The largest absolute Gasteiger partial charge is 0.494 e. The lowest BCUT2D eigenvalue weighted by Crippen LogP contribution is -2.13. The molecule has 0 bridgehead atoms. The molecular formula is C28H39FO3. The summed E-state index contributed by atoms with van der Waals surface area (Å²) in [5.74, 6) is -1.38. The molecule has 3 nitrogen and oxygen atoms in total. The normalized spacial score (nSPS) is 12.0. The van der Waals surface area contributed by atoms with Crippen LogP contribution in [0.4, 0.5) is 4.39 Å². The summed E-state index contributed by atoms with van der Waals surface area (Å²) in [7, 11) is 0. The van der Waals surface area contributed by atoms with Crippen molar-refractivity contribution in [3.05, 3.63) is 53.8 Å². The van der Waals surface area contributed by atoms with E-state index in [0.29, 0.717) is 13.0 Å². The van der Waals surface area contributed by atoms with Crippen LogP contribution in [0.2, 0.25) is 0 Å². The van der Waals surface area contributed by atoms with Crippen LogP contribution in [0, 0.1) is 5.82 Å². The molecule has 4 heteroatoms. The van der Waals surface area contributed by atoms with E-state index in [0.717, 1.165) is 49.0 Å². The quantitative estimate of drug-likeness (QED) is 0.266. The van der Waals surface area contributed by atoms with Gasteiger partial charge in [-0.3, -0.25) is 4.79 Å². The van der Waals surface area contributed by atoms with Crippen molar-refractivity contribution in [3.63, 3.8) is 0 Å². The molecule has 2 aromatic rings. The van der Waals surface area contributed by atoms with E-state index in [1.165, 1.54) is 38.2 Å². The summed E-state index contributed by atoms with van der Waals surface area (Å²) in [6, 6.07) is 12.6. The highest BCUT2D eigenvalue weighted by atomic mass is 19.1. The minimum atomic E-state index is -0.958. The zero-order valence-corrected chi connectivity index (χ0v) is 19.7. The number of aliphatic carboxylic acids is 1. The average molecular weight is 443 g/mol. The smallest absolute Gasteiger partial charge is 0.311 e. The van der Waals surface area contributed by atoms with E-state index < -0.39 is 17.7 Å². The SMILES string of the molecule is CCCCCCCCOc1ccc(-c2ccc(C(CCCCCC)C(=O)O)c(F)c2)cc1. The molecule has 1 atom stereocenters. The zero-order valence-electron chi connectivity index (χ0n) is 19.7. The van der Waals surface area contributed by atoms with Gasteiger partial charge in [0.15, 0.2) is 0 Å². The maximum atomic E-state index is 14.8. The number of ether oxygens (including phenoxy) is 1. The van der Waals surface area contributed by atoms with Crippen LogP contribution in [-0.4, -0.2) is 17.7 Å². The van der Waals surface area contributed by atoms with Crippen molar-refractivity contribution >= 4 is 5.97 Å². The molecule has 0 saturated heterocycles. The van der Waals surface area contributed by atoms with Gasteiger partial charge in [-0.05, 0) is 42.2 Å². The Morgan fingerprint density at radius 1 is 0.844 bits per heavy atom. The third-order valence-corrected chi connectivity index (χ3v) is 5.97. The molecule has 2 aromatic carbocycles. The highest BCUT2D eigenvalue weighted by Crippen LogP contribution is 2.30. The molecule has 1 unspecified atom stereocenters. The van der Waals surface area contributed by atoms with Gasteiger partial charge in [0.25, 0.3) is 0 Å². The Morgan fingerprint density at radius 3 is 2.06 bits per heavy atom. The Balaban J connectivity index is 1.93. The Bertz CT molecular complexity index is 801. The van der Waals surface area contributed by atoms with Gasteiger partial charge in [-0.1, -0.05) is 95.9 Å². The average Bonchev–Trinajstić information content (AvgIpc) is 2.79. The molecule has 0 heterocycles. The summed E-state index contributed by atoms with van der Waals surface area (Å²) < 4.78 is 20.6. The summed E-state index contributed by atoms with van der Waals surface area (Å²) in [6.07, 6.45) is 11.8. The standard InChI is InChI=1S/C28H39FO3/c1-3-5-7-9-10-12-20-32-24-17-14-22(15-18-24)23-16-19-25(27(29)21-23)26(28(30)31)13-11-8-6-4-2/h14-19,21,26H,3-13,20H2,1-2H3,(H,30,31). The van der Waals surface area contributed by atoms with E-state index in [4.69, 9.17) is 4.74 Å². The van der Waals surface area contributed by atoms with Gasteiger partial charge in [0.1, 0.15) is 11.6 Å². The Morgan fingerprint density at radius 2 is 1.44 bits per heavy atom. The van der Waals surface area contributed by atoms with Crippen molar-refractivity contribution in [2.45, 2.75) is 90.4 Å². The first-order valence-corrected chi connectivity index (χ1v) is 12.3. The molecule has 0 saturated carbocycles. The number of carboxylic acids is 1. The van der Waals surface area contributed by atoms with E-state index in [-0.39, 0.29) is 5.56 Å². The van der Waals surface area contributed by atoms with Crippen LogP contribution in [0.3, 0.4) is 0 Å². The van der Waals surface area contributed by atoms with Crippen LogP contribution in [0.25, 0.3) is 11.1 Å². The number of halogens is 1. The summed E-state index contributed by atoms with van der Waals surface area (Å²) >= 11 is 0. The molecule has 1 N–H and O–H groups in total. The number of carboxylic acid groups (broad SMARTS) is 1. The lowest BCUT2D eigenvalue weighted by Gasteiger charge is -2.15. The maximum absolute atomic E-state index is 14.8. The van der Waals surface area contributed by atoms with Crippen molar-refractivity contribution in [1.82, 2.24) is 0 Å². The van der Waals surface area contributed by atoms with Crippen LogP contribution in [-0.2, 0) is 4.79 Å². The van der Waals surface area contributed by atoms with Crippen molar-refractivity contribution in [2.75, 3.05) is 6.61 Å². The van der Waals surface area contributed by atoms with Crippen molar-refractivity contribution in [3.8, 4) is 16.9 Å². The van der Waals surface area contributed by atoms with Crippen LogP contribution in [0.5, 0.6) is 5.75 Å².